The molecular formula is C11H14BrF3N2. The molecule has 0 amide bonds. The van der Waals surface area contributed by atoms with Crippen molar-refractivity contribution < 1.29 is 13.2 Å². The Kier molecular flexibility index (Phi) is 4.80. The van der Waals surface area contributed by atoms with Crippen LogP contribution in [-0.4, -0.2) is 23.4 Å². The Bertz CT molecular complexity index is 349. The lowest BCUT2D eigenvalue weighted by Gasteiger charge is -2.19. The number of pyridine rings is 1. The number of halogens is 4. The van der Waals surface area contributed by atoms with Gasteiger partial charge in [-0.15, -0.1) is 0 Å². The van der Waals surface area contributed by atoms with E-state index in [4.69, 9.17) is 0 Å². The molecule has 6 heteroatoms. The minimum atomic E-state index is -4.32. The number of hydrogen-bond acceptors (Lipinski definition) is 2. The Labute approximate surface area is 107 Å². The van der Waals surface area contributed by atoms with Gasteiger partial charge in [0.1, 0.15) is 5.82 Å². The highest BCUT2D eigenvalue weighted by Crippen LogP contribution is 2.29. The molecule has 1 rings (SSSR count). The Hall–Kier alpha value is -0.780. The van der Waals surface area contributed by atoms with Gasteiger partial charge in [-0.2, -0.15) is 13.2 Å². The summed E-state index contributed by atoms with van der Waals surface area (Å²) < 4.78 is 36.9. The van der Waals surface area contributed by atoms with Crippen molar-refractivity contribution in [2.45, 2.75) is 24.3 Å². The van der Waals surface area contributed by atoms with E-state index in [1.165, 1.54) is 6.07 Å². The standard InChI is InChI=1S/C11H14BrF3N2/c1-8(12)5-6-17(2)10-4-3-9(7-16-10)11(13,14)15/h3-4,7-8H,5-6H2,1-2H3. The summed E-state index contributed by atoms with van der Waals surface area (Å²) in [5.74, 6) is 0.547. The molecule has 0 aliphatic rings. The predicted molar refractivity (Wildman–Crippen MR) is 65.5 cm³/mol. The van der Waals surface area contributed by atoms with Gasteiger partial charge in [-0.25, -0.2) is 4.98 Å². The summed E-state index contributed by atoms with van der Waals surface area (Å²) in [7, 11) is 1.81. The second-order valence-electron chi connectivity index (χ2n) is 3.89. The maximum atomic E-state index is 12.3. The fraction of sp³-hybridized carbons (Fsp3) is 0.545. The van der Waals surface area contributed by atoms with Gasteiger partial charge < -0.3 is 4.90 Å². The second-order valence-corrected chi connectivity index (χ2v) is 5.46. The van der Waals surface area contributed by atoms with Crippen LogP contribution in [0.2, 0.25) is 0 Å². The first kappa shape index (κ1) is 14.3. The van der Waals surface area contributed by atoms with Crippen LogP contribution in [0.25, 0.3) is 0 Å². The molecule has 0 aliphatic heterocycles. The monoisotopic (exact) mass is 310 g/mol. The molecule has 1 heterocycles. The van der Waals surface area contributed by atoms with Gasteiger partial charge in [0.25, 0.3) is 0 Å². The van der Waals surface area contributed by atoms with Crippen molar-refractivity contribution in [3.8, 4) is 0 Å². The Morgan fingerprint density at radius 1 is 1.41 bits per heavy atom. The molecule has 0 aromatic carbocycles. The fourth-order valence-corrected chi connectivity index (χ4v) is 1.47. The van der Waals surface area contributed by atoms with Crippen molar-refractivity contribution in [3.63, 3.8) is 0 Å². The van der Waals surface area contributed by atoms with E-state index in [0.717, 1.165) is 25.2 Å². The highest BCUT2D eigenvalue weighted by atomic mass is 79.9. The molecule has 0 saturated heterocycles. The molecule has 1 atom stereocenters. The summed E-state index contributed by atoms with van der Waals surface area (Å²) >= 11 is 3.42. The van der Waals surface area contributed by atoms with Crippen molar-refractivity contribution >= 4 is 21.7 Å². The Morgan fingerprint density at radius 3 is 2.47 bits per heavy atom. The summed E-state index contributed by atoms with van der Waals surface area (Å²) in [5, 5.41) is 0. The van der Waals surface area contributed by atoms with Crippen LogP contribution in [0.1, 0.15) is 18.9 Å². The third-order valence-electron chi connectivity index (χ3n) is 2.33. The third-order valence-corrected chi connectivity index (χ3v) is 2.79. The van der Waals surface area contributed by atoms with Gasteiger partial charge >= 0.3 is 6.18 Å². The molecule has 0 aliphatic carbocycles. The van der Waals surface area contributed by atoms with Crippen molar-refractivity contribution in [3.05, 3.63) is 23.9 Å². The van der Waals surface area contributed by atoms with Crippen molar-refractivity contribution in [2.75, 3.05) is 18.5 Å². The maximum Gasteiger partial charge on any atom is 0.417 e. The average molecular weight is 311 g/mol. The maximum absolute atomic E-state index is 12.3. The molecule has 1 aromatic heterocycles. The number of rotatable bonds is 4. The van der Waals surface area contributed by atoms with Gasteiger partial charge in [-0.1, -0.05) is 22.9 Å². The van der Waals surface area contributed by atoms with Gasteiger partial charge in [0.15, 0.2) is 0 Å². The zero-order chi connectivity index (χ0) is 13.1. The third kappa shape index (κ3) is 4.53. The molecule has 2 nitrogen and oxygen atoms in total. The number of alkyl halides is 4. The smallest absolute Gasteiger partial charge is 0.360 e. The average Bonchev–Trinajstić information content (AvgIpc) is 2.25. The highest BCUT2D eigenvalue weighted by Gasteiger charge is 2.30. The summed E-state index contributed by atoms with van der Waals surface area (Å²) in [6, 6.07) is 2.44. The molecule has 0 N–H and O–H groups in total. The van der Waals surface area contributed by atoms with E-state index in [-0.39, 0.29) is 0 Å². The van der Waals surface area contributed by atoms with Crippen LogP contribution in [0.5, 0.6) is 0 Å². The zero-order valence-electron chi connectivity index (χ0n) is 9.63. The Balaban J connectivity index is 2.67. The summed E-state index contributed by atoms with van der Waals surface area (Å²) in [6.07, 6.45) is -2.56. The first-order valence-electron chi connectivity index (χ1n) is 5.19. The molecule has 0 saturated carbocycles. The van der Waals surface area contributed by atoms with Crippen molar-refractivity contribution in [2.24, 2.45) is 0 Å². The number of nitrogens with zero attached hydrogens (tertiary/aromatic N) is 2. The summed E-state index contributed by atoms with van der Waals surface area (Å²) in [4.78, 5) is 6.02. The fourth-order valence-electron chi connectivity index (χ4n) is 1.27. The van der Waals surface area contributed by atoms with Gasteiger partial charge in [-0.05, 0) is 18.6 Å². The van der Waals surface area contributed by atoms with Crippen LogP contribution in [-0.2, 0) is 6.18 Å². The molecule has 17 heavy (non-hydrogen) atoms. The molecular weight excluding hydrogens is 297 g/mol. The first-order chi connectivity index (χ1) is 7.80. The van der Waals surface area contributed by atoms with Crippen LogP contribution < -0.4 is 4.90 Å². The minimum absolute atomic E-state index is 0.374. The summed E-state index contributed by atoms with van der Waals surface area (Å²) in [6.45, 7) is 2.76. The predicted octanol–water partition coefficient (Wildman–Crippen LogP) is 3.71. The summed E-state index contributed by atoms with van der Waals surface area (Å²) in [5.41, 5.74) is -0.719. The second kappa shape index (κ2) is 5.71. The topological polar surface area (TPSA) is 16.1 Å². The normalized spacial score (nSPS) is 13.5. The molecule has 0 fully saturated rings. The van der Waals surface area contributed by atoms with E-state index in [1.54, 1.807) is 0 Å². The highest BCUT2D eigenvalue weighted by molar-refractivity contribution is 9.09. The van der Waals surface area contributed by atoms with Crippen molar-refractivity contribution in [1.82, 2.24) is 4.98 Å². The molecule has 1 aromatic rings. The lowest BCUT2D eigenvalue weighted by Crippen LogP contribution is -2.21. The first-order valence-corrected chi connectivity index (χ1v) is 6.10. The van der Waals surface area contributed by atoms with Crippen LogP contribution in [0.15, 0.2) is 18.3 Å². The SMILES string of the molecule is CC(Br)CCN(C)c1ccc(C(F)(F)F)cn1. The van der Waals surface area contributed by atoms with E-state index >= 15 is 0 Å². The molecule has 0 spiro atoms. The molecule has 0 bridgehead atoms. The van der Waals surface area contributed by atoms with Gasteiger partial charge in [0.2, 0.25) is 0 Å². The lowest BCUT2D eigenvalue weighted by atomic mass is 10.2. The lowest BCUT2D eigenvalue weighted by molar-refractivity contribution is -0.137. The zero-order valence-corrected chi connectivity index (χ0v) is 11.2. The van der Waals surface area contributed by atoms with Crippen LogP contribution >= 0.6 is 15.9 Å². The van der Waals surface area contributed by atoms with Crippen molar-refractivity contribution in [1.29, 1.82) is 0 Å². The van der Waals surface area contributed by atoms with Crippen LogP contribution in [0.3, 0.4) is 0 Å². The van der Waals surface area contributed by atoms with Gasteiger partial charge in [-0.3, -0.25) is 0 Å². The minimum Gasteiger partial charge on any atom is -0.360 e. The van der Waals surface area contributed by atoms with E-state index in [0.29, 0.717) is 10.6 Å². The van der Waals surface area contributed by atoms with Gasteiger partial charge in [0, 0.05) is 24.6 Å². The largest absolute Gasteiger partial charge is 0.417 e. The van der Waals surface area contributed by atoms with Crippen LogP contribution in [0.4, 0.5) is 19.0 Å². The molecule has 0 radical (unpaired) electrons. The quantitative estimate of drug-likeness (QED) is 0.788. The number of aromatic nitrogens is 1. The Morgan fingerprint density at radius 2 is 2.06 bits per heavy atom. The van der Waals surface area contributed by atoms with E-state index in [9.17, 15) is 13.2 Å². The van der Waals surface area contributed by atoms with E-state index < -0.39 is 11.7 Å². The molecule has 1 unspecified atom stereocenters. The van der Waals surface area contributed by atoms with Gasteiger partial charge in [0.05, 0.1) is 5.56 Å². The number of anilines is 1. The number of hydrogen-bond donors (Lipinski definition) is 0. The van der Waals surface area contributed by atoms with Crippen LogP contribution in [0, 0.1) is 0 Å². The van der Waals surface area contributed by atoms with E-state index in [1.807, 2.05) is 18.9 Å². The van der Waals surface area contributed by atoms with E-state index in [2.05, 4.69) is 20.9 Å². The molecule has 96 valence electrons.